The van der Waals surface area contributed by atoms with Gasteiger partial charge in [0, 0.05) is 50.6 Å². The van der Waals surface area contributed by atoms with Gasteiger partial charge in [0.25, 0.3) is 0 Å². The summed E-state index contributed by atoms with van der Waals surface area (Å²) in [4.78, 5) is 15.9. The molecule has 1 atom stereocenters. The van der Waals surface area contributed by atoms with Gasteiger partial charge >= 0.3 is 0 Å². The summed E-state index contributed by atoms with van der Waals surface area (Å²) in [5, 5.41) is 4.18. The lowest BCUT2D eigenvalue weighted by Crippen LogP contribution is -2.52. The Morgan fingerprint density at radius 2 is 1.96 bits per heavy atom. The van der Waals surface area contributed by atoms with E-state index in [4.69, 9.17) is 17.0 Å². The van der Waals surface area contributed by atoms with Crippen molar-refractivity contribution in [1.29, 1.82) is 0 Å². The molecule has 6 heteroatoms. The van der Waals surface area contributed by atoms with E-state index < -0.39 is 0 Å². The summed E-state index contributed by atoms with van der Waals surface area (Å²) in [6.07, 6.45) is 2.59. The molecule has 2 heterocycles. The van der Waals surface area contributed by atoms with Crippen molar-refractivity contribution in [1.82, 2.24) is 10.2 Å². The fourth-order valence-electron chi connectivity index (χ4n) is 3.19. The molecule has 0 bridgehead atoms. The van der Waals surface area contributed by atoms with E-state index in [9.17, 15) is 4.79 Å². The topological polar surface area (TPSA) is 44.8 Å². The van der Waals surface area contributed by atoms with Crippen molar-refractivity contribution >= 4 is 28.8 Å². The number of ketones is 1. The molecule has 24 heavy (non-hydrogen) atoms. The van der Waals surface area contributed by atoms with Gasteiger partial charge in [0.15, 0.2) is 10.9 Å². The molecule has 1 unspecified atom stereocenters. The Bertz CT molecular complexity index is 576. The second-order valence-corrected chi connectivity index (χ2v) is 6.78. The monoisotopic (exact) mass is 347 g/mol. The third-order valence-corrected chi connectivity index (χ3v) is 5.11. The summed E-state index contributed by atoms with van der Waals surface area (Å²) in [7, 11) is 0. The lowest BCUT2D eigenvalue weighted by Gasteiger charge is -2.37. The number of hydrogen-bond donors (Lipinski definition) is 1. The number of carbonyl (C=O) groups is 1. The molecule has 5 nitrogen and oxygen atoms in total. The number of benzene rings is 1. The molecule has 130 valence electrons. The van der Waals surface area contributed by atoms with Gasteiger partial charge in [0.05, 0.1) is 6.10 Å². The minimum Gasteiger partial charge on any atom is -0.376 e. The van der Waals surface area contributed by atoms with E-state index in [1.165, 1.54) is 0 Å². The lowest BCUT2D eigenvalue weighted by molar-refractivity contribution is 0.101. The summed E-state index contributed by atoms with van der Waals surface area (Å²) in [6, 6.07) is 7.86. The molecule has 1 aromatic rings. The van der Waals surface area contributed by atoms with Crippen molar-refractivity contribution in [2.45, 2.75) is 25.9 Å². The Morgan fingerprint density at radius 3 is 2.54 bits per heavy atom. The molecule has 2 fully saturated rings. The van der Waals surface area contributed by atoms with Gasteiger partial charge in [-0.1, -0.05) is 0 Å². The molecular formula is C18H25N3O2S. The summed E-state index contributed by atoms with van der Waals surface area (Å²) in [6.45, 7) is 6.96. The first kappa shape index (κ1) is 17.2. The number of thiocarbonyl (C=S) groups is 1. The molecule has 2 saturated heterocycles. The first-order valence-electron chi connectivity index (χ1n) is 8.64. The van der Waals surface area contributed by atoms with Gasteiger partial charge in [-0.2, -0.15) is 0 Å². The van der Waals surface area contributed by atoms with E-state index in [1.807, 2.05) is 24.3 Å². The van der Waals surface area contributed by atoms with Gasteiger partial charge < -0.3 is 19.9 Å². The van der Waals surface area contributed by atoms with Gasteiger partial charge in [0.1, 0.15) is 0 Å². The van der Waals surface area contributed by atoms with E-state index in [-0.39, 0.29) is 5.78 Å². The van der Waals surface area contributed by atoms with E-state index in [2.05, 4.69) is 15.1 Å². The highest BCUT2D eigenvalue weighted by Crippen LogP contribution is 2.18. The van der Waals surface area contributed by atoms with Crippen molar-refractivity contribution in [3.63, 3.8) is 0 Å². The Morgan fingerprint density at radius 1 is 1.25 bits per heavy atom. The molecular weight excluding hydrogens is 322 g/mol. The zero-order chi connectivity index (χ0) is 16.9. The van der Waals surface area contributed by atoms with E-state index in [0.29, 0.717) is 6.10 Å². The predicted molar refractivity (Wildman–Crippen MR) is 99.8 cm³/mol. The SMILES string of the molecule is CC(=O)c1ccc(N2CCN(C(=S)NCC3CCCO3)CC2)cc1. The second-order valence-electron chi connectivity index (χ2n) is 6.40. The van der Waals surface area contributed by atoms with Gasteiger partial charge in [-0.05, 0) is 56.2 Å². The van der Waals surface area contributed by atoms with Crippen molar-refractivity contribution in [2.75, 3.05) is 44.2 Å². The minimum absolute atomic E-state index is 0.106. The van der Waals surface area contributed by atoms with Crippen molar-refractivity contribution < 1.29 is 9.53 Å². The Kier molecular flexibility index (Phi) is 5.68. The Balaban J connectivity index is 1.46. The molecule has 0 aromatic heterocycles. The Labute approximate surface area is 149 Å². The van der Waals surface area contributed by atoms with E-state index in [1.54, 1.807) is 6.92 Å². The summed E-state index contributed by atoms with van der Waals surface area (Å²) >= 11 is 5.51. The average molecular weight is 347 g/mol. The zero-order valence-corrected chi connectivity index (χ0v) is 15.0. The Hall–Kier alpha value is -1.66. The number of ether oxygens (including phenoxy) is 1. The van der Waals surface area contributed by atoms with Gasteiger partial charge in [-0.15, -0.1) is 0 Å². The van der Waals surface area contributed by atoms with Crippen LogP contribution in [0.4, 0.5) is 5.69 Å². The van der Waals surface area contributed by atoms with Crippen LogP contribution in [-0.4, -0.2) is 61.2 Å². The second kappa shape index (κ2) is 7.94. The van der Waals surface area contributed by atoms with E-state index >= 15 is 0 Å². The van der Waals surface area contributed by atoms with Crippen LogP contribution in [0.2, 0.25) is 0 Å². The smallest absolute Gasteiger partial charge is 0.169 e. The molecule has 1 aromatic carbocycles. The predicted octanol–water partition coefficient (Wildman–Crippen LogP) is 2.06. The largest absolute Gasteiger partial charge is 0.376 e. The molecule has 1 N–H and O–H groups in total. The number of anilines is 1. The number of nitrogens with zero attached hydrogens (tertiary/aromatic N) is 2. The van der Waals surface area contributed by atoms with Crippen molar-refractivity contribution in [2.24, 2.45) is 0 Å². The highest BCUT2D eigenvalue weighted by molar-refractivity contribution is 7.80. The van der Waals surface area contributed by atoms with Crippen LogP contribution in [0.3, 0.4) is 0 Å². The summed E-state index contributed by atoms with van der Waals surface area (Å²) < 4.78 is 5.62. The first-order valence-corrected chi connectivity index (χ1v) is 9.04. The van der Waals surface area contributed by atoms with Gasteiger partial charge in [0.2, 0.25) is 0 Å². The fraction of sp³-hybridized carbons (Fsp3) is 0.556. The van der Waals surface area contributed by atoms with Crippen molar-refractivity contribution in [3.8, 4) is 0 Å². The molecule has 0 radical (unpaired) electrons. The van der Waals surface area contributed by atoms with Crippen LogP contribution >= 0.6 is 12.2 Å². The van der Waals surface area contributed by atoms with Gasteiger partial charge in [-0.25, -0.2) is 0 Å². The molecule has 2 aliphatic heterocycles. The third kappa shape index (κ3) is 4.24. The van der Waals surface area contributed by atoms with Gasteiger partial charge in [-0.3, -0.25) is 4.79 Å². The molecule has 0 saturated carbocycles. The number of hydrogen-bond acceptors (Lipinski definition) is 4. The molecule has 0 amide bonds. The van der Waals surface area contributed by atoms with Crippen LogP contribution in [-0.2, 0) is 4.74 Å². The number of carbonyl (C=O) groups excluding carboxylic acids is 1. The van der Waals surface area contributed by atoms with Crippen LogP contribution in [0, 0.1) is 0 Å². The minimum atomic E-state index is 0.106. The molecule has 0 aliphatic carbocycles. The molecule has 2 aliphatic rings. The summed E-state index contributed by atoms with van der Waals surface area (Å²) in [5.74, 6) is 0.106. The number of nitrogens with one attached hydrogen (secondary N) is 1. The quantitative estimate of drug-likeness (QED) is 0.664. The maximum absolute atomic E-state index is 11.4. The number of Topliss-reactive ketones (excluding diaryl/α,β-unsaturated/α-hetero) is 1. The summed E-state index contributed by atoms with van der Waals surface area (Å²) in [5.41, 5.74) is 1.93. The highest BCUT2D eigenvalue weighted by atomic mass is 32.1. The maximum atomic E-state index is 11.4. The molecule has 0 spiro atoms. The normalized spacial score (nSPS) is 21.0. The lowest BCUT2D eigenvalue weighted by atomic mass is 10.1. The fourth-order valence-corrected chi connectivity index (χ4v) is 3.46. The van der Waals surface area contributed by atoms with Crippen LogP contribution in [0.5, 0.6) is 0 Å². The number of piperazine rings is 1. The zero-order valence-electron chi connectivity index (χ0n) is 14.2. The van der Waals surface area contributed by atoms with Crippen molar-refractivity contribution in [3.05, 3.63) is 29.8 Å². The van der Waals surface area contributed by atoms with Crippen LogP contribution in [0.1, 0.15) is 30.1 Å². The van der Waals surface area contributed by atoms with Crippen LogP contribution in [0.15, 0.2) is 24.3 Å². The average Bonchev–Trinajstić information content (AvgIpc) is 3.13. The first-order chi connectivity index (χ1) is 11.6. The highest BCUT2D eigenvalue weighted by Gasteiger charge is 2.21. The van der Waals surface area contributed by atoms with Crippen LogP contribution < -0.4 is 10.2 Å². The van der Waals surface area contributed by atoms with E-state index in [0.717, 1.165) is 68.5 Å². The van der Waals surface area contributed by atoms with Crippen LogP contribution in [0.25, 0.3) is 0 Å². The third-order valence-electron chi connectivity index (χ3n) is 4.71. The molecule has 3 rings (SSSR count). The number of rotatable bonds is 4. The maximum Gasteiger partial charge on any atom is 0.169 e. The standard InChI is InChI=1S/C18H25N3O2S/c1-14(22)15-4-6-16(7-5-15)20-8-10-21(11-9-20)18(24)19-13-17-3-2-12-23-17/h4-7,17H,2-3,8-13H2,1H3,(H,19,24).